The van der Waals surface area contributed by atoms with Crippen LogP contribution in [0.15, 0.2) is 59.1 Å². The van der Waals surface area contributed by atoms with E-state index < -0.39 is 0 Å². The number of aromatic nitrogens is 4. The molecule has 7 nitrogen and oxygen atoms in total. The van der Waals surface area contributed by atoms with E-state index in [2.05, 4.69) is 32.4 Å². The summed E-state index contributed by atoms with van der Waals surface area (Å²) < 4.78 is 2.03. The van der Waals surface area contributed by atoms with Crippen molar-refractivity contribution in [3.8, 4) is 11.3 Å². The Hall–Kier alpha value is -2.71. The van der Waals surface area contributed by atoms with Gasteiger partial charge < -0.3 is 14.8 Å². The van der Waals surface area contributed by atoms with Gasteiger partial charge in [-0.1, -0.05) is 30.3 Å². The molecule has 1 fully saturated rings. The Morgan fingerprint density at radius 2 is 1.89 bits per heavy atom. The minimum atomic E-state index is -0.0592. The molecule has 0 spiro atoms. The lowest BCUT2D eigenvalue weighted by Gasteiger charge is -2.19. The molecule has 3 aromatic rings. The highest BCUT2D eigenvalue weighted by molar-refractivity contribution is 7.99. The van der Waals surface area contributed by atoms with Crippen LogP contribution >= 0.6 is 11.8 Å². The molecular weight excluding hydrogens is 372 g/mol. The van der Waals surface area contributed by atoms with E-state index in [1.54, 1.807) is 12.4 Å². The predicted octanol–water partition coefficient (Wildman–Crippen LogP) is 2.46. The number of imidazole rings is 1. The fraction of sp³-hybridized carbons (Fsp3) is 0.300. The molecule has 1 aromatic carbocycles. The van der Waals surface area contributed by atoms with Crippen molar-refractivity contribution in [3.63, 3.8) is 0 Å². The largest absolute Gasteiger partial charge is 0.336 e. The van der Waals surface area contributed by atoms with E-state index in [1.807, 2.05) is 40.9 Å². The van der Waals surface area contributed by atoms with Crippen LogP contribution in [0.3, 0.4) is 0 Å². The lowest BCUT2D eigenvalue weighted by atomic mass is 10.2. The van der Waals surface area contributed by atoms with Crippen molar-refractivity contribution in [1.29, 1.82) is 0 Å². The summed E-state index contributed by atoms with van der Waals surface area (Å²) in [5.41, 5.74) is 2.54. The van der Waals surface area contributed by atoms with E-state index in [1.165, 1.54) is 11.8 Å². The first-order chi connectivity index (χ1) is 13.7. The van der Waals surface area contributed by atoms with Gasteiger partial charge in [-0.2, -0.15) is 0 Å². The smallest absolute Gasteiger partial charge is 0.274 e. The van der Waals surface area contributed by atoms with Crippen molar-refractivity contribution >= 4 is 17.7 Å². The molecule has 1 aliphatic rings. The summed E-state index contributed by atoms with van der Waals surface area (Å²) in [6.45, 7) is 3.21. The van der Waals surface area contributed by atoms with E-state index in [4.69, 9.17) is 0 Å². The standard InChI is InChI=1S/C20H22N6OS/c1-25-17(15-6-3-2-4-7-15)13-24-20(25)28-18-14-22-16(12-23-18)19(27)26-10-5-8-21-9-11-26/h2-4,6-7,12-14,21H,5,8-11H2,1H3. The summed E-state index contributed by atoms with van der Waals surface area (Å²) in [7, 11) is 1.98. The average Bonchev–Trinajstić information content (AvgIpc) is 2.94. The maximum Gasteiger partial charge on any atom is 0.274 e. The first kappa shape index (κ1) is 18.6. The fourth-order valence-corrected chi connectivity index (χ4v) is 3.89. The third-order valence-corrected chi connectivity index (χ3v) is 5.67. The van der Waals surface area contributed by atoms with Gasteiger partial charge in [-0.05, 0) is 30.3 Å². The van der Waals surface area contributed by atoms with E-state index >= 15 is 0 Å². The maximum atomic E-state index is 12.6. The van der Waals surface area contributed by atoms with Gasteiger partial charge in [-0.15, -0.1) is 0 Å². The van der Waals surface area contributed by atoms with Crippen molar-refractivity contribution in [3.05, 3.63) is 54.6 Å². The van der Waals surface area contributed by atoms with E-state index in [-0.39, 0.29) is 5.91 Å². The Labute approximate surface area is 168 Å². The fourth-order valence-electron chi connectivity index (χ4n) is 3.15. The highest BCUT2D eigenvalue weighted by Crippen LogP contribution is 2.28. The molecule has 0 aliphatic carbocycles. The summed E-state index contributed by atoms with van der Waals surface area (Å²) in [5.74, 6) is -0.0592. The number of amides is 1. The van der Waals surface area contributed by atoms with Gasteiger partial charge in [0.25, 0.3) is 5.91 Å². The number of carbonyl (C=O) groups excluding carboxylic acids is 1. The minimum Gasteiger partial charge on any atom is -0.336 e. The second-order valence-corrected chi connectivity index (χ2v) is 7.58. The summed E-state index contributed by atoms with van der Waals surface area (Å²) in [4.78, 5) is 27.7. The number of carbonyl (C=O) groups is 1. The zero-order valence-corrected chi connectivity index (χ0v) is 16.5. The van der Waals surface area contributed by atoms with E-state index in [9.17, 15) is 4.79 Å². The molecule has 0 saturated carbocycles. The molecule has 0 atom stereocenters. The molecule has 3 heterocycles. The number of hydrogen-bond acceptors (Lipinski definition) is 6. The maximum absolute atomic E-state index is 12.6. The van der Waals surface area contributed by atoms with Crippen LogP contribution in [0.5, 0.6) is 0 Å². The van der Waals surface area contributed by atoms with Gasteiger partial charge in [-0.25, -0.2) is 15.0 Å². The first-order valence-electron chi connectivity index (χ1n) is 9.29. The molecule has 1 N–H and O–H groups in total. The van der Waals surface area contributed by atoms with E-state index in [0.717, 1.165) is 42.5 Å². The van der Waals surface area contributed by atoms with Gasteiger partial charge in [0, 0.05) is 26.7 Å². The average molecular weight is 395 g/mol. The van der Waals surface area contributed by atoms with Gasteiger partial charge in [-0.3, -0.25) is 4.79 Å². The third-order valence-electron chi connectivity index (χ3n) is 4.69. The highest BCUT2D eigenvalue weighted by atomic mass is 32.2. The number of benzene rings is 1. The Morgan fingerprint density at radius 1 is 1.04 bits per heavy atom. The minimum absolute atomic E-state index is 0.0592. The zero-order chi connectivity index (χ0) is 19.3. The summed E-state index contributed by atoms with van der Waals surface area (Å²) >= 11 is 1.43. The normalized spacial score (nSPS) is 14.7. The molecule has 0 bridgehead atoms. The van der Waals surface area contributed by atoms with Gasteiger partial charge in [0.15, 0.2) is 5.16 Å². The molecule has 1 amide bonds. The number of nitrogens with zero attached hydrogens (tertiary/aromatic N) is 5. The number of nitrogens with one attached hydrogen (secondary N) is 1. The van der Waals surface area contributed by atoms with Crippen LogP contribution in [0.25, 0.3) is 11.3 Å². The molecule has 0 unspecified atom stereocenters. The van der Waals surface area contributed by atoms with Crippen LogP contribution in [0.4, 0.5) is 0 Å². The molecule has 2 aromatic heterocycles. The highest BCUT2D eigenvalue weighted by Gasteiger charge is 2.19. The molecule has 8 heteroatoms. The first-order valence-corrected chi connectivity index (χ1v) is 10.1. The molecule has 0 radical (unpaired) electrons. The van der Waals surface area contributed by atoms with Crippen molar-refractivity contribution in [2.45, 2.75) is 16.6 Å². The SMILES string of the molecule is Cn1c(-c2ccccc2)cnc1Sc1cnc(C(=O)N2CCCNCC2)cn1. The van der Waals surface area contributed by atoms with Crippen LogP contribution in [0, 0.1) is 0 Å². The molecular formula is C20H22N6OS. The van der Waals surface area contributed by atoms with Crippen LogP contribution in [0.2, 0.25) is 0 Å². The summed E-state index contributed by atoms with van der Waals surface area (Å²) in [5, 5.41) is 4.83. The zero-order valence-electron chi connectivity index (χ0n) is 15.7. The third kappa shape index (κ3) is 4.07. The lowest BCUT2D eigenvalue weighted by molar-refractivity contribution is 0.0760. The lowest BCUT2D eigenvalue weighted by Crippen LogP contribution is -2.34. The molecule has 1 aliphatic heterocycles. The van der Waals surface area contributed by atoms with Crippen molar-refractivity contribution in [1.82, 2.24) is 29.7 Å². The van der Waals surface area contributed by atoms with Crippen molar-refractivity contribution in [2.24, 2.45) is 7.05 Å². The van der Waals surface area contributed by atoms with Crippen molar-refractivity contribution in [2.75, 3.05) is 26.2 Å². The number of hydrogen-bond donors (Lipinski definition) is 1. The van der Waals surface area contributed by atoms with Gasteiger partial charge >= 0.3 is 0 Å². The summed E-state index contributed by atoms with van der Waals surface area (Å²) in [6, 6.07) is 10.1. The molecule has 28 heavy (non-hydrogen) atoms. The van der Waals surface area contributed by atoms with Gasteiger partial charge in [0.05, 0.1) is 24.3 Å². The summed E-state index contributed by atoms with van der Waals surface area (Å²) in [6.07, 6.45) is 6.02. The Balaban J connectivity index is 1.46. The predicted molar refractivity (Wildman–Crippen MR) is 108 cm³/mol. The second kappa shape index (κ2) is 8.53. The quantitative estimate of drug-likeness (QED) is 0.733. The van der Waals surface area contributed by atoms with Crippen LogP contribution < -0.4 is 5.32 Å². The molecule has 1 saturated heterocycles. The second-order valence-electron chi connectivity index (χ2n) is 6.59. The Morgan fingerprint density at radius 3 is 2.68 bits per heavy atom. The van der Waals surface area contributed by atoms with Crippen LogP contribution in [0.1, 0.15) is 16.9 Å². The molecule has 144 valence electrons. The molecule has 4 rings (SSSR count). The van der Waals surface area contributed by atoms with Crippen LogP contribution in [-0.4, -0.2) is 56.5 Å². The monoisotopic (exact) mass is 394 g/mol. The van der Waals surface area contributed by atoms with Crippen molar-refractivity contribution < 1.29 is 4.79 Å². The topological polar surface area (TPSA) is 75.9 Å². The Bertz CT molecular complexity index is 933. The van der Waals surface area contributed by atoms with Gasteiger partial charge in [0.2, 0.25) is 0 Å². The van der Waals surface area contributed by atoms with E-state index in [0.29, 0.717) is 17.3 Å². The Kier molecular flexibility index (Phi) is 5.68. The van der Waals surface area contributed by atoms with Crippen LogP contribution in [-0.2, 0) is 7.05 Å². The van der Waals surface area contributed by atoms with Gasteiger partial charge in [0.1, 0.15) is 10.7 Å². The number of rotatable bonds is 4.